The summed E-state index contributed by atoms with van der Waals surface area (Å²) in [6.45, 7) is 40.3. The highest BCUT2D eigenvalue weighted by atomic mass is 16.5. The van der Waals surface area contributed by atoms with Gasteiger partial charge in [-0.2, -0.15) is 0 Å². The first-order valence-electron chi connectivity index (χ1n) is 17.9. The molecule has 0 fully saturated rings. The van der Waals surface area contributed by atoms with Crippen LogP contribution in [0.25, 0.3) is 0 Å². The summed E-state index contributed by atoms with van der Waals surface area (Å²) in [4.78, 5) is 0. The first kappa shape index (κ1) is 47.5. The molecule has 0 aromatic heterocycles. The molecule has 4 heteroatoms. The zero-order valence-electron chi connectivity index (χ0n) is 32.7. The molecule has 44 heavy (non-hydrogen) atoms. The molecule has 0 radical (unpaired) electrons. The second-order valence-corrected chi connectivity index (χ2v) is 14.8. The average molecular weight is 625 g/mol. The van der Waals surface area contributed by atoms with E-state index in [0.29, 0.717) is 42.2 Å². The molecule has 1 aromatic rings. The van der Waals surface area contributed by atoms with E-state index in [9.17, 15) is 0 Å². The van der Waals surface area contributed by atoms with Gasteiger partial charge in [-0.05, 0) is 110 Å². The van der Waals surface area contributed by atoms with Crippen LogP contribution in [0.5, 0.6) is 0 Å². The van der Waals surface area contributed by atoms with Crippen molar-refractivity contribution in [3.05, 3.63) is 35.9 Å². The van der Waals surface area contributed by atoms with E-state index in [1.807, 2.05) is 0 Å². The monoisotopic (exact) mass is 625 g/mol. The molecular formula is C40H80O4. The Hall–Kier alpha value is -0.940. The molecule has 0 heterocycles. The van der Waals surface area contributed by atoms with E-state index in [4.69, 9.17) is 18.9 Å². The first-order chi connectivity index (χ1) is 20.4. The summed E-state index contributed by atoms with van der Waals surface area (Å²) in [6.07, 6.45) is 5.15. The molecule has 4 nitrogen and oxygen atoms in total. The summed E-state index contributed by atoms with van der Waals surface area (Å²) in [7, 11) is 0. The predicted molar refractivity (Wildman–Crippen MR) is 196 cm³/mol. The van der Waals surface area contributed by atoms with Crippen LogP contribution in [0.2, 0.25) is 0 Å². The average Bonchev–Trinajstić information content (AvgIpc) is 2.90. The summed E-state index contributed by atoms with van der Waals surface area (Å²) in [5.41, 5.74) is 1.38. The number of benzene rings is 1. The second kappa shape index (κ2) is 30.7. The van der Waals surface area contributed by atoms with Gasteiger partial charge in [0.25, 0.3) is 0 Å². The SMILES string of the molecule is CC(C)CCCOC(C)C.CC(C)CCOC(C)C.CC(C)OCC(C)C(C)C.CC(C)OCC(c1ccccc1)C(C)C. The smallest absolute Gasteiger partial charge is 0.0540 e. The van der Waals surface area contributed by atoms with Crippen molar-refractivity contribution < 1.29 is 18.9 Å². The van der Waals surface area contributed by atoms with E-state index in [1.54, 1.807) is 0 Å². The predicted octanol–water partition coefficient (Wildman–Crippen LogP) is 11.9. The maximum absolute atomic E-state index is 5.72. The van der Waals surface area contributed by atoms with Gasteiger partial charge in [0.15, 0.2) is 0 Å². The Balaban J connectivity index is -0.000000523. The number of hydrogen-bond acceptors (Lipinski definition) is 4. The van der Waals surface area contributed by atoms with Gasteiger partial charge in [-0.1, -0.05) is 92.6 Å². The van der Waals surface area contributed by atoms with Crippen LogP contribution in [0.3, 0.4) is 0 Å². The van der Waals surface area contributed by atoms with Gasteiger partial charge in [0.05, 0.1) is 31.0 Å². The normalized spacial score (nSPS) is 12.8. The van der Waals surface area contributed by atoms with E-state index in [1.165, 1.54) is 24.8 Å². The lowest BCUT2D eigenvalue weighted by Crippen LogP contribution is -2.16. The summed E-state index contributed by atoms with van der Waals surface area (Å²) in [5.74, 6) is 4.13. The number of rotatable bonds is 18. The van der Waals surface area contributed by atoms with Gasteiger partial charge in [0.2, 0.25) is 0 Å². The minimum absolute atomic E-state index is 0.315. The van der Waals surface area contributed by atoms with E-state index in [-0.39, 0.29) is 0 Å². The fourth-order valence-electron chi connectivity index (χ4n) is 3.56. The molecule has 0 amide bonds. The van der Waals surface area contributed by atoms with Crippen LogP contribution in [0, 0.1) is 29.6 Å². The summed E-state index contributed by atoms with van der Waals surface area (Å²) >= 11 is 0. The maximum atomic E-state index is 5.72. The van der Waals surface area contributed by atoms with Gasteiger partial charge in [0, 0.05) is 25.7 Å². The number of ether oxygens (including phenoxy) is 4. The third-order valence-corrected chi connectivity index (χ3v) is 7.00. The zero-order valence-corrected chi connectivity index (χ0v) is 32.7. The summed E-state index contributed by atoms with van der Waals surface area (Å²) in [5, 5.41) is 0. The molecule has 0 aliphatic heterocycles. The molecule has 264 valence electrons. The molecule has 0 aliphatic carbocycles. The van der Waals surface area contributed by atoms with E-state index >= 15 is 0 Å². The Bertz CT molecular complexity index is 662. The van der Waals surface area contributed by atoms with Gasteiger partial charge in [-0.25, -0.2) is 0 Å². The van der Waals surface area contributed by atoms with Gasteiger partial charge in [-0.15, -0.1) is 0 Å². The van der Waals surface area contributed by atoms with Crippen LogP contribution >= 0.6 is 0 Å². The molecule has 0 bridgehead atoms. The van der Waals surface area contributed by atoms with Crippen molar-refractivity contribution in [3.8, 4) is 0 Å². The van der Waals surface area contributed by atoms with Crippen LogP contribution < -0.4 is 0 Å². The lowest BCUT2D eigenvalue weighted by atomic mass is 9.89. The fourth-order valence-corrected chi connectivity index (χ4v) is 3.56. The molecule has 0 spiro atoms. The van der Waals surface area contributed by atoms with Crippen LogP contribution in [-0.2, 0) is 18.9 Å². The highest BCUT2D eigenvalue weighted by molar-refractivity contribution is 5.20. The lowest BCUT2D eigenvalue weighted by Gasteiger charge is -2.22. The summed E-state index contributed by atoms with van der Waals surface area (Å²) < 4.78 is 21.9. The zero-order chi connectivity index (χ0) is 34.7. The van der Waals surface area contributed by atoms with E-state index < -0.39 is 0 Å². The first-order valence-corrected chi connectivity index (χ1v) is 17.9. The Kier molecular flexibility index (Phi) is 33.1. The molecule has 0 N–H and O–H groups in total. The van der Waals surface area contributed by atoms with Crippen molar-refractivity contribution in [2.45, 2.75) is 167 Å². The third kappa shape index (κ3) is 37.2. The van der Waals surface area contributed by atoms with Crippen molar-refractivity contribution >= 4 is 0 Å². The topological polar surface area (TPSA) is 36.9 Å². The van der Waals surface area contributed by atoms with Crippen LogP contribution in [0.15, 0.2) is 30.3 Å². The second-order valence-electron chi connectivity index (χ2n) is 14.8. The molecule has 1 aromatic carbocycles. The largest absolute Gasteiger partial charge is 0.379 e. The minimum Gasteiger partial charge on any atom is -0.379 e. The van der Waals surface area contributed by atoms with Crippen LogP contribution in [0.4, 0.5) is 0 Å². The molecule has 0 saturated heterocycles. The maximum Gasteiger partial charge on any atom is 0.0540 e. The van der Waals surface area contributed by atoms with Gasteiger partial charge in [-0.3, -0.25) is 0 Å². The number of hydrogen-bond donors (Lipinski definition) is 0. The Morgan fingerprint density at radius 3 is 1.27 bits per heavy atom. The van der Waals surface area contributed by atoms with E-state index in [0.717, 1.165) is 44.2 Å². The Morgan fingerprint density at radius 2 is 0.886 bits per heavy atom. The fraction of sp³-hybridized carbons (Fsp3) is 0.850. The van der Waals surface area contributed by atoms with Gasteiger partial charge < -0.3 is 18.9 Å². The van der Waals surface area contributed by atoms with Crippen molar-refractivity contribution in [1.82, 2.24) is 0 Å². The Labute approximate surface area is 277 Å². The molecule has 2 atom stereocenters. The molecule has 0 aliphatic rings. The minimum atomic E-state index is 0.315. The van der Waals surface area contributed by atoms with Crippen LogP contribution in [0.1, 0.15) is 148 Å². The molecule has 0 saturated carbocycles. The quantitative estimate of drug-likeness (QED) is 0.152. The third-order valence-electron chi connectivity index (χ3n) is 7.00. The van der Waals surface area contributed by atoms with Gasteiger partial charge in [0.1, 0.15) is 0 Å². The van der Waals surface area contributed by atoms with E-state index in [2.05, 4.69) is 148 Å². The summed E-state index contributed by atoms with van der Waals surface area (Å²) in [6, 6.07) is 10.6. The highest BCUT2D eigenvalue weighted by Crippen LogP contribution is 2.24. The highest BCUT2D eigenvalue weighted by Gasteiger charge is 2.16. The Morgan fingerprint density at radius 1 is 0.455 bits per heavy atom. The van der Waals surface area contributed by atoms with Crippen molar-refractivity contribution in [1.29, 1.82) is 0 Å². The lowest BCUT2D eigenvalue weighted by molar-refractivity contribution is 0.0443. The molecular weight excluding hydrogens is 544 g/mol. The van der Waals surface area contributed by atoms with Crippen molar-refractivity contribution in [3.63, 3.8) is 0 Å². The van der Waals surface area contributed by atoms with Crippen LogP contribution in [-0.4, -0.2) is 50.8 Å². The molecule has 1 rings (SSSR count). The van der Waals surface area contributed by atoms with Gasteiger partial charge >= 0.3 is 0 Å². The standard InChI is InChI=1S/C14H22O.2C9H20O.C8H18O/c1-11(2)14(10-15-12(3)4)13-8-6-5-7-9-13;1-7(2)9(5)6-10-8(3)4;1-8(2)6-5-7-10-9(3)4;1-7(2)5-6-9-8(3)4/h5-9,11-12,14H,10H2,1-4H3;7-9H,6H2,1-5H3;8-9H,5-7H2,1-4H3;7-8H,5-6H2,1-4H3. The van der Waals surface area contributed by atoms with Crippen molar-refractivity contribution in [2.75, 3.05) is 26.4 Å². The van der Waals surface area contributed by atoms with Crippen molar-refractivity contribution in [2.24, 2.45) is 29.6 Å². The molecule has 2 unspecified atom stereocenters.